The van der Waals surface area contributed by atoms with Crippen LogP contribution in [0.5, 0.6) is 0 Å². The predicted molar refractivity (Wildman–Crippen MR) is 79.7 cm³/mol. The van der Waals surface area contributed by atoms with Crippen molar-refractivity contribution in [2.75, 3.05) is 0 Å². The summed E-state index contributed by atoms with van der Waals surface area (Å²) in [4.78, 5) is 0.899. The van der Waals surface area contributed by atoms with Crippen LogP contribution < -0.4 is 0 Å². The summed E-state index contributed by atoms with van der Waals surface area (Å²) in [7, 11) is 0. The van der Waals surface area contributed by atoms with Crippen molar-refractivity contribution >= 4 is 27.3 Å². The third kappa shape index (κ3) is 3.20. The molecule has 0 amide bonds. The highest BCUT2D eigenvalue weighted by molar-refractivity contribution is 9.11. The van der Waals surface area contributed by atoms with E-state index in [0.29, 0.717) is 24.0 Å². The van der Waals surface area contributed by atoms with E-state index < -0.39 is 5.60 Å². The number of aliphatic hydroxyl groups is 1. The summed E-state index contributed by atoms with van der Waals surface area (Å²) in [6.07, 6.45) is 1.66. The Morgan fingerprint density at radius 2 is 2.14 bits per heavy atom. The zero-order valence-corrected chi connectivity index (χ0v) is 13.7. The van der Waals surface area contributed by atoms with E-state index in [2.05, 4.69) is 36.4 Å². The monoisotopic (exact) mass is 369 g/mol. The largest absolute Gasteiger partial charge is 0.418 e. The van der Waals surface area contributed by atoms with Gasteiger partial charge in [0, 0.05) is 0 Å². The van der Waals surface area contributed by atoms with E-state index in [9.17, 15) is 5.11 Å². The summed E-state index contributed by atoms with van der Waals surface area (Å²) in [5, 5.41) is 25.7. The molecule has 3 aromatic rings. The van der Waals surface area contributed by atoms with E-state index in [0.717, 1.165) is 8.66 Å². The van der Waals surface area contributed by atoms with Crippen LogP contribution in [0.15, 0.2) is 26.5 Å². The normalized spacial score (nSPS) is 12.0. The summed E-state index contributed by atoms with van der Waals surface area (Å²) in [6.45, 7) is 3.62. The zero-order valence-electron chi connectivity index (χ0n) is 11.3. The topological polar surface area (TPSA) is 89.9 Å². The van der Waals surface area contributed by atoms with E-state index in [4.69, 9.17) is 4.42 Å². The Labute approximate surface area is 132 Å². The Morgan fingerprint density at radius 1 is 1.33 bits per heavy atom. The van der Waals surface area contributed by atoms with E-state index in [1.165, 1.54) is 11.3 Å². The highest BCUT2D eigenvalue weighted by Crippen LogP contribution is 2.30. The molecule has 0 atom stereocenters. The minimum absolute atomic E-state index is 0.308. The lowest BCUT2D eigenvalue weighted by Gasteiger charge is -2.11. The first-order valence-corrected chi connectivity index (χ1v) is 7.74. The average molecular weight is 370 g/mol. The smallest absolute Gasteiger partial charge is 0.257 e. The summed E-state index contributed by atoms with van der Waals surface area (Å²) >= 11 is 4.91. The number of hydrogen-bond acceptors (Lipinski definition) is 7. The Balaban J connectivity index is 1.77. The van der Waals surface area contributed by atoms with Crippen LogP contribution >= 0.6 is 27.3 Å². The molecule has 3 heterocycles. The van der Waals surface area contributed by atoms with Gasteiger partial charge in [-0.3, -0.25) is 0 Å². The van der Waals surface area contributed by atoms with Gasteiger partial charge in [0.2, 0.25) is 5.89 Å². The van der Waals surface area contributed by atoms with Gasteiger partial charge in [-0.05, 0) is 41.9 Å². The molecule has 3 aromatic heterocycles. The van der Waals surface area contributed by atoms with Crippen LogP contribution in [0, 0.1) is 0 Å². The summed E-state index contributed by atoms with van der Waals surface area (Å²) < 4.78 is 8.15. The predicted octanol–water partition coefficient (Wildman–Crippen LogP) is 2.43. The molecule has 0 aliphatic carbocycles. The van der Waals surface area contributed by atoms with Crippen LogP contribution in [0.1, 0.15) is 25.4 Å². The molecule has 0 unspecified atom stereocenters. The van der Waals surface area contributed by atoms with Gasteiger partial charge in [-0.2, -0.15) is 0 Å². The van der Waals surface area contributed by atoms with Crippen LogP contribution in [-0.2, 0) is 12.1 Å². The standard InChI is InChI=1S/C12H12BrN5O2S/c1-12(2,19)8-5-18(17-14-8)6-10-15-16-11(20-10)7-3-4-9(13)21-7/h3-5,19H,6H2,1-2H3. The minimum Gasteiger partial charge on any atom is -0.418 e. The second kappa shape index (κ2) is 5.32. The molecular formula is C12H12BrN5O2S. The van der Waals surface area contributed by atoms with Gasteiger partial charge >= 0.3 is 0 Å². The molecule has 0 saturated carbocycles. The average Bonchev–Trinajstić information content (AvgIpc) is 3.08. The van der Waals surface area contributed by atoms with Crippen LogP contribution in [0.3, 0.4) is 0 Å². The van der Waals surface area contributed by atoms with Crippen molar-refractivity contribution in [2.45, 2.75) is 26.0 Å². The fraction of sp³-hybridized carbons (Fsp3) is 0.333. The number of hydrogen-bond donors (Lipinski definition) is 1. The molecule has 0 spiro atoms. The van der Waals surface area contributed by atoms with Gasteiger partial charge in [0.15, 0.2) is 0 Å². The maximum Gasteiger partial charge on any atom is 0.257 e. The van der Waals surface area contributed by atoms with E-state index >= 15 is 0 Å². The number of nitrogens with zero attached hydrogens (tertiary/aromatic N) is 5. The Kier molecular flexibility index (Phi) is 3.64. The first-order chi connectivity index (χ1) is 9.91. The molecule has 9 heteroatoms. The number of halogens is 1. The van der Waals surface area contributed by atoms with Crippen molar-refractivity contribution in [1.29, 1.82) is 0 Å². The molecule has 0 bridgehead atoms. The summed E-state index contributed by atoms with van der Waals surface area (Å²) in [5.74, 6) is 0.908. The van der Waals surface area contributed by atoms with Crippen LogP contribution in [0.4, 0.5) is 0 Å². The van der Waals surface area contributed by atoms with Crippen molar-refractivity contribution in [3.8, 4) is 10.8 Å². The fourth-order valence-electron chi connectivity index (χ4n) is 1.64. The second-order valence-electron chi connectivity index (χ2n) is 4.97. The first-order valence-electron chi connectivity index (χ1n) is 6.13. The number of thiophene rings is 1. The SMILES string of the molecule is CC(C)(O)c1cn(Cc2nnc(-c3ccc(Br)s3)o2)nn1. The Morgan fingerprint density at radius 3 is 2.76 bits per heavy atom. The molecule has 7 nitrogen and oxygen atoms in total. The van der Waals surface area contributed by atoms with Gasteiger partial charge in [-0.25, -0.2) is 4.68 Å². The van der Waals surface area contributed by atoms with Crippen molar-refractivity contribution in [3.05, 3.63) is 33.7 Å². The maximum absolute atomic E-state index is 9.85. The lowest BCUT2D eigenvalue weighted by molar-refractivity contribution is 0.0737. The molecule has 0 aliphatic rings. The van der Waals surface area contributed by atoms with Crippen LogP contribution in [0.25, 0.3) is 10.8 Å². The molecule has 21 heavy (non-hydrogen) atoms. The molecule has 3 rings (SSSR count). The third-order valence-electron chi connectivity index (χ3n) is 2.71. The number of rotatable bonds is 4. The third-order valence-corrected chi connectivity index (χ3v) is 4.33. The molecule has 0 aromatic carbocycles. The molecule has 0 radical (unpaired) electrons. The van der Waals surface area contributed by atoms with E-state index in [1.54, 1.807) is 24.7 Å². The minimum atomic E-state index is -1.03. The van der Waals surface area contributed by atoms with Crippen LogP contribution in [0.2, 0.25) is 0 Å². The molecular weight excluding hydrogens is 358 g/mol. The second-order valence-corrected chi connectivity index (χ2v) is 7.43. The van der Waals surface area contributed by atoms with Gasteiger partial charge in [-0.15, -0.1) is 26.6 Å². The van der Waals surface area contributed by atoms with Crippen molar-refractivity contribution in [2.24, 2.45) is 0 Å². The van der Waals surface area contributed by atoms with Gasteiger partial charge in [0.25, 0.3) is 5.89 Å². The highest BCUT2D eigenvalue weighted by atomic mass is 79.9. The summed E-state index contributed by atoms with van der Waals surface area (Å²) in [6, 6.07) is 3.84. The number of aromatic nitrogens is 5. The molecule has 110 valence electrons. The van der Waals surface area contributed by atoms with Gasteiger partial charge in [0.05, 0.1) is 14.9 Å². The quantitative estimate of drug-likeness (QED) is 0.759. The maximum atomic E-state index is 9.85. The Bertz CT molecular complexity index is 758. The molecule has 1 N–H and O–H groups in total. The molecule has 0 saturated heterocycles. The highest BCUT2D eigenvalue weighted by Gasteiger charge is 2.20. The first kappa shape index (κ1) is 14.4. The fourth-order valence-corrected chi connectivity index (χ4v) is 2.95. The van der Waals surface area contributed by atoms with Crippen molar-refractivity contribution < 1.29 is 9.52 Å². The summed E-state index contributed by atoms with van der Waals surface area (Å²) in [5.41, 5.74) is -0.536. The van der Waals surface area contributed by atoms with Gasteiger partial charge < -0.3 is 9.52 Å². The van der Waals surface area contributed by atoms with Crippen LogP contribution in [-0.4, -0.2) is 30.3 Å². The van der Waals surface area contributed by atoms with Gasteiger partial charge in [-0.1, -0.05) is 5.21 Å². The molecule has 0 aliphatic heterocycles. The van der Waals surface area contributed by atoms with E-state index in [-0.39, 0.29) is 0 Å². The molecule has 0 fully saturated rings. The zero-order chi connectivity index (χ0) is 15.0. The van der Waals surface area contributed by atoms with E-state index in [1.807, 2.05) is 12.1 Å². The van der Waals surface area contributed by atoms with Crippen molar-refractivity contribution in [1.82, 2.24) is 25.2 Å². The Hall–Kier alpha value is -1.58. The van der Waals surface area contributed by atoms with Gasteiger partial charge in [0.1, 0.15) is 17.8 Å². The lowest BCUT2D eigenvalue weighted by atomic mass is 10.1. The van der Waals surface area contributed by atoms with Crippen molar-refractivity contribution in [3.63, 3.8) is 0 Å². The lowest BCUT2D eigenvalue weighted by Crippen LogP contribution is -2.15.